The van der Waals surface area contributed by atoms with E-state index in [9.17, 15) is 4.79 Å². The number of nitrogens with zero attached hydrogens (tertiary/aromatic N) is 1. The zero-order valence-corrected chi connectivity index (χ0v) is 15.8. The van der Waals surface area contributed by atoms with Gasteiger partial charge in [0.05, 0.1) is 6.04 Å². The molecule has 0 spiro atoms. The van der Waals surface area contributed by atoms with E-state index in [0.717, 1.165) is 29.0 Å². The molecule has 0 fully saturated rings. The molecule has 0 bridgehead atoms. The van der Waals surface area contributed by atoms with Crippen LogP contribution in [0.15, 0.2) is 42.5 Å². The molecule has 0 aliphatic rings. The second-order valence-electron chi connectivity index (χ2n) is 6.81. The summed E-state index contributed by atoms with van der Waals surface area (Å²) in [6.45, 7) is 6.82. The number of hydrogen-bond acceptors (Lipinski definition) is 3. The Labute approximate surface area is 150 Å². The summed E-state index contributed by atoms with van der Waals surface area (Å²) in [6.07, 6.45) is 0. The molecule has 0 unspecified atom stereocenters. The van der Waals surface area contributed by atoms with E-state index in [0.29, 0.717) is 0 Å². The first-order chi connectivity index (χ1) is 11.9. The van der Waals surface area contributed by atoms with Crippen LogP contribution in [0.3, 0.4) is 0 Å². The Kier molecular flexibility index (Phi) is 6.59. The van der Waals surface area contributed by atoms with Crippen molar-refractivity contribution in [2.24, 2.45) is 0 Å². The van der Waals surface area contributed by atoms with E-state index in [-0.39, 0.29) is 18.6 Å². The number of likely N-dealkylation sites (N-methyl/N-ethyl adjacent to an activating group) is 1. The van der Waals surface area contributed by atoms with E-state index >= 15 is 0 Å². The highest BCUT2D eigenvalue weighted by molar-refractivity contribution is 5.78. The molecule has 134 valence electrons. The average Bonchev–Trinajstić information content (AvgIpc) is 2.53. The van der Waals surface area contributed by atoms with Crippen molar-refractivity contribution in [3.63, 3.8) is 0 Å². The molecule has 4 nitrogen and oxygen atoms in total. The standard InChI is InChI=1S/C21H28N2O2/c1-15-11-16(2)21(17(3)12-15)25-14-20(24)22-19(13-23(4)5)18-9-7-6-8-10-18/h6-12,19H,13-14H2,1-5H3,(H,22,24)/t19-/m1/s1. The molecule has 0 aliphatic heterocycles. The van der Waals surface area contributed by atoms with Crippen molar-refractivity contribution < 1.29 is 9.53 Å². The van der Waals surface area contributed by atoms with Gasteiger partial charge in [-0.2, -0.15) is 0 Å². The molecule has 0 radical (unpaired) electrons. The molecule has 2 rings (SSSR count). The summed E-state index contributed by atoms with van der Waals surface area (Å²) in [7, 11) is 4.00. The number of carbonyl (C=O) groups excluding carboxylic acids is 1. The van der Waals surface area contributed by atoms with Crippen molar-refractivity contribution in [2.75, 3.05) is 27.2 Å². The van der Waals surface area contributed by atoms with Crippen molar-refractivity contribution >= 4 is 5.91 Å². The summed E-state index contributed by atoms with van der Waals surface area (Å²) in [6, 6.07) is 14.1. The number of rotatable bonds is 7. The predicted octanol–water partition coefficient (Wildman–Crippen LogP) is 3.41. The minimum absolute atomic E-state index is 0.0154. The second kappa shape index (κ2) is 8.67. The normalized spacial score (nSPS) is 12.1. The topological polar surface area (TPSA) is 41.6 Å². The lowest BCUT2D eigenvalue weighted by Gasteiger charge is -2.23. The lowest BCUT2D eigenvalue weighted by atomic mass is 10.1. The number of benzene rings is 2. The Morgan fingerprint density at radius 3 is 2.24 bits per heavy atom. The quantitative estimate of drug-likeness (QED) is 0.840. The highest BCUT2D eigenvalue weighted by atomic mass is 16.5. The van der Waals surface area contributed by atoms with Crippen molar-refractivity contribution in [3.05, 3.63) is 64.7 Å². The van der Waals surface area contributed by atoms with Crippen LogP contribution in [-0.4, -0.2) is 38.1 Å². The Hall–Kier alpha value is -2.33. The number of ether oxygens (including phenoxy) is 1. The van der Waals surface area contributed by atoms with Crippen LogP contribution in [0.4, 0.5) is 0 Å². The van der Waals surface area contributed by atoms with Gasteiger partial charge < -0.3 is 15.0 Å². The fourth-order valence-corrected chi connectivity index (χ4v) is 3.05. The van der Waals surface area contributed by atoms with E-state index in [1.807, 2.05) is 58.3 Å². The van der Waals surface area contributed by atoms with Crippen LogP contribution in [0.5, 0.6) is 5.75 Å². The predicted molar refractivity (Wildman–Crippen MR) is 102 cm³/mol. The van der Waals surface area contributed by atoms with E-state index in [4.69, 9.17) is 4.74 Å². The van der Waals surface area contributed by atoms with Crippen LogP contribution >= 0.6 is 0 Å². The molecule has 25 heavy (non-hydrogen) atoms. The molecule has 1 amide bonds. The molecule has 2 aromatic carbocycles. The van der Waals surface area contributed by atoms with Crippen LogP contribution in [-0.2, 0) is 4.79 Å². The Bertz CT molecular complexity index is 688. The maximum absolute atomic E-state index is 12.4. The smallest absolute Gasteiger partial charge is 0.258 e. The molecule has 1 N–H and O–H groups in total. The van der Waals surface area contributed by atoms with Gasteiger partial charge in [-0.1, -0.05) is 48.0 Å². The van der Waals surface area contributed by atoms with Crippen LogP contribution in [0.25, 0.3) is 0 Å². The molecule has 2 aromatic rings. The molecule has 0 aromatic heterocycles. The number of amides is 1. The van der Waals surface area contributed by atoms with Crippen molar-refractivity contribution in [2.45, 2.75) is 26.8 Å². The molecule has 0 saturated carbocycles. The second-order valence-corrected chi connectivity index (χ2v) is 6.81. The van der Waals surface area contributed by atoms with E-state index in [1.54, 1.807) is 0 Å². The highest BCUT2D eigenvalue weighted by Crippen LogP contribution is 2.24. The summed E-state index contributed by atoms with van der Waals surface area (Å²) in [5.41, 5.74) is 4.39. The summed E-state index contributed by atoms with van der Waals surface area (Å²) in [5.74, 6) is 0.680. The first-order valence-corrected chi connectivity index (χ1v) is 8.56. The average molecular weight is 340 g/mol. The lowest BCUT2D eigenvalue weighted by Crippen LogP contribution is -2.37. The van der Waals surface area contributed by atoms with Gasteiger partial charge in [0.1, 0.15) is 5.75 Å². The number of carbonyl (C=O) groups is 1. The zero-order valence-electron chi connectivity index (χ0n) is 15.8. The first kappa shape index (κ1) is 19.0. The molecular weight excluding hydrogens is 312 g/mol. The third kappa shape index (κ3) is 5.61. The van der Waals surface area contributed by atoms with Crippen molar-refractivity contribution in [3.8, 4) is 5.75 Å². The van der Waals surface area contributed by atoms with Gasteiger partial charge in [0.25, 0.3) is 5.91 Å². The van der Waals surface area contributed by atoms with Crippen LogP contribution < -0.4 is 10.1 Å². The maximum Gasteiger partial charge on any atom is 0.258 e. The summed E-state index contributed by atoms with van der Waals surface area (Å²) < 4.78 is 5.80. The minimum Gasteiger partial charge on any atom is -0.483 e. The maximum atomic E-state index is 12.4. The SMILES string of the molecule is Cc1cc(C)c(OCC(=O)N[C@H](CN(C)C)c2ccccc2)c(C)c1. The summed E-state index contributed by atoms with van der Waals surface area (Å²) in [4.78, 5) is 14.5. The zero-order chi connectivity index (χ0) is 18.4. The Balaban J connectivity index is 2.02. The van der Waals surface area contributed by atoms with Gasteiger partial charge in [0.2, 0.25) is 0 Å². The molecular formula is C21H28N2O2. The fourth-order valence-electron chi connectivity index (χ4n) is 3.05. The Morgan fingerprint density at radius 1 is 1.08 bits per heavy atom. The lowest BCUT2D eigenvalue weighted by molar-refractivity contribution is -0.124. The van der Waals surface area contributed by atoms with Gasteiger partial charge in [0, 0.05) is 6.54 Å². The molecule has 0 saturated heterocycles. The first-order valence-electron chi connectivity index (χ1n) is 8.56. The largest absolute Gasteiger partial charge is 0.483 e. The monoisotopic (exact) mass is 340 g/mol. The third-order valence-corrected chi connectivity index (χ3v) is 4.04. The van der Waals surface area contributed by atoms with Crippen LogP contribution in [0.2, 0.25) is 0 Å². The Morgan fingerprint density at radius 2 is 1.68 bits per heavy atom. The highest BCUT2D eigenvalue weighted by Gasteiger charge is 2.16. The number of hydrogen-bond donors (Lipinski definition) is 1. The molecule has 0 aliphatic carbocycles. The molecule has 4 heteroatoms. The summed E-state index contributed by atoms with van der Waals surface area (Å²) in [5, 5.41) is 3.08. The van der Waals surface area contributed by atoms with Gasteiger partial charge in [0.15, 0.2) is 6.61 Å². The van der Waals surface area contributed by atoms with Gasteiger partial charge in [-0.15, -0.1) is 0 Å². The van der Waals surface area contributed by atoms with Crippen molar-refractivity contribution in [1.82, 2.24) is 10.2 Å². The van der Waals surface area contributed by atoms with Crippen LogP contribution in [0.1, 0.15) is 28.3 Å². The minimum atomic E-state index is -0.116. The van der Waals surface area contributed by atoms with E-state index in [1.165, 1.54) is 5.56 Å². The third-order valence-electron chi connectivity index (χ3n) is 4.04. The van der Waals surface area contributed by atoms with Gasteiger partial charge in [-0.3, -0.25) is 4.79 Å². The number of aryl methyl sites for hydroxylation is 3. The van der Waals surface area contributed by atoms with Gasteiger partial charge in [-0.25, -0.2) is 0 Å². The number of nitrogens with one attached hydrogen (secondary N) is 1. The van der Waals surface area contributed by atoms with E-state index < -0.39 is 0 Å². The van der Waals surface area contributed by atoms with Crippen molar-refractivity contribution in [1.29, 1.82) is 0 Å². The van der Waals surface area contributed by atoms with Crippen LogP contribution in [0, 0.1) is 20.8 Å². The van der Waals surface area contributed by atoms with E-state index in [2.05, 4.69) is 29.3 Å². The van der Waals surface area contributed by atoms with Gasteiger partial charge in [-0.05, 0) is 51.6 Å². The molecule has 1 atom stereocenters. The fraction of sp³-hybridized carbons (Fsp3) is 0.381. The molecule has 0 heterocycles. The summed E-state index contributed by atoms with van der Waals surface area (Å²) >= 11 is 0. The van der Waals surface area contributed by atoms with Gasteiger partial charge >= 0.3 is 0 Å².